The van der Waals surface area contributed by atoms with Gasteiger partial charge in [-0.05, 0) is 62.4 Å². The molecule has 0 atom stereocenters. The van der Waals surface area contributed by atoms with E-state index in [2.05, 4.69) is 0 Å². The Kier molecular flexibility index (Phi) is 9.96. The van der Waals surface area contributed by atoms with Crippen LogP contribution in [-0.2, 0) is 4.79 Å². The molecule has 1 N–H and O–H groups in total. The Balaban J connectivity index is 2.35. The first kappa shape index (κ1) is 25.5. The van der Waals surface area contributed by atoms with Crippen LogP contribution in [0.5, 0.6) is 17.2 Å². The second-order valence-corrected chi connectivity index (χ2v) is 7.00. The molecule has 0 radical (unpaired) electrons. The largest absolute Gasteiger partial charge is 0.481 e. The number of hydrogen-bond donors (Lipinski definition) is 1. The van der Waals surface area contributed by atoms with Crippen molar-refractivity contribution in [3.8, 4) is 17.2 Å². The van der Waals surface area contributed by atoms with Crippen LogP contribution in [0.3, 0.4) is 0 Å². The van der Waals surface area contributed by atoms with Crippen LogP contribution in [0.1, 0.15) is 56.5 Å². The normalized spacial score (nSPS) is 12.0. The second kappa shape index (κ2) is 12.9. The van der Waals surface area contributed by atoms with Gasteiger partial charge in [0.05, 0.1) is 17.1 Å². The summed E-state index contributed by atoms with van der Waals surface area (Å²) < 4.78 is 17.2. The van der Waals surface area contributed by atoms with E-state index in [1.807, 2.05) is 52.0 Å². The molecule has 2 aromatic rings. The van der Waals surface area contributed by atoms with Gasteiger partial charge < -0.3 is 19.3 Å². The molecule has 2 rings (SSSR count). The number of rotatable bonds is 12. The van der Waals surface area contributed by atoms with E-state index in [0.29, 0.717) is 23.5 Å². The van der Waals surface area contributed by atoms with E-state index in [4.69, 9.17) is 19.3 Å². The van der Waals surface area contributed by atoms with Gasteiger partial charge in [-0.3, -0.25) is 4.79 Å². The maximum Gasteiger partial charge on any atom is 0.341 e. The Labute approximate surface area is 194 Å². The van der Waals surface area contributed by atoms with Gasteiger partial charge in [-0.1, -0.05) is 26.0 Å². The van der Waals surface area contributed by atoms with Gasteiger partial charge in [0.1, 0.15) is 17.2 Å². The molecule has 0 amide bonds. The third kappa shape index (κ3) is 7.68. The molecule has 0 saturated carbocycles. The van der Waals surface area contributed by atoms with Crippen LogP contribution in [0, 0.1) is 0 Å². The van der Waals surface area contributed by atoms with E-state index in [0.717, 1.165) is 17.9 Å². The highest BCUT2D eigenvalue weighted by molar-refractivity contribution is 6.08. The third-order valence-electron chi connectivity index (χ3n) is 4.73. The summed E-state index contributed by atoms with van der Waals surface area (Å²) in [5.41, 5.74) is 0.978. The molecule has 0 aliphatic heterocycles. The fraction of sp³-hybridized carbons (Fsp3) is 0.259. The number of para-hydroxylation sites is 1. The van der Waals surface area contributed by atoms with Gasteiger partial charge in [-0.25, -0.2) is 4.79 Å². The predicted molar refractivity (Wildman–Crippen MR) is 129 cm³/mol. The lowest BCUT2D eigenvalue weighted by Gasteiger charge is -2.14. The number of carboxylic acids is 1. The summed E-state index contributed by atoms with van der Waals surface area (Å²) in [6.45, 7) is 7.32. The second-order valence-electron chi connectivity index (χ2n) is 7.00. The lowest BCUT2D eigenvalue weighted by Crippen LogP contribution is -2.11. The molecule has 0 aromatic heterocycles. The van der Waals surface area contributed by atoms with Crippen LogP contribution in [0.2, 0.25) is 0 Å². The van der Waals surface area contributed by atoms with Gasteiger partial charge in [0, 0.05) is 24.5 Å². The SMILES string of the molecule is CC=C(CC)Oc1ccc(C=CC(=O)c2ccccc2OCC(=O)O)c(OC(=CC)CC)c1. The Morgan fingerprint density at radius 2 is 1.58 bits per heavy atom. The zero-order valence-electron chi connectivity index (χ0n) is 19.5. The maximum absolute atomic E-state index is 12.8. The Hall–Kier alpha value is -3.80. The molecular weight excluding hydrogens is 420 g/mol. The van der Waals surface area contributed by atoms with Gasteiger partial charge in [-0.2, -0.15) is 0 Å². The van der Waals surface area contributed by atoms with Crippen molar-refractivity contribution >= 4 is 17.8 Å². The van der Waals surface area contributed by atoms with E-state index < -0.39 is 12.6 Å². The lowest BCUT2D eigenvalue weighted by molar-refractivity contribution is -0.139. The van der Waals surface area contributed by atoms with Crippen LogP contribution in [0.25, 0.3) is 6.08 Å². The maximum atomic E-state index is 12.8. The fourth-order valence-corrected chi connectivity index (χ4v) is 2.96. The minimum atomic E-state index is -1.11. The minimum Gasteiger partial charge on any atom is -0.481 e. The molecule has 0 saturated heterocycles. The number of ether oxygens (including phenoxy) is 3. The minimum absolute atomic E-state index is 0.218. The quantitative estimate of drug-likeness (QED) is 0.228. The average molecular weight is 451 g/mol. The molecule has 0 spiro atoms. The molecule has 33 heavy (non-hydrogen) atoms. The molecule has 0 unspecified atom stereocenters. The average Bonchev–Trinajstić information content (AvgIpc) is 2.83. The molecular formula is C27H30O6. The topological polar surface area (TPSA) is 82.1 Å². The van der Waals surface area contributed by atoms with Crippen LogP contribution in [0.15, 0.2) is 72.2 Å². The zero-order chi connectivity index (χ0) is 24.2. The number of allylic oxidation sites excluding steroid dienone is 5. The summed E-state index contributed by atoms with van der Waals surface area (Å²) >= 11 is 0. The molecule has 0 heterocycles. The standard InChI is InChI=1S/C27H30O6/c1-5-20(6-2)32-22-15-13-19(26(17-22)33-21(7-3)8-4)14-16-24(28)23-11-9-10-12-25(23)31-18-27(29)30/h5,7,9-17H,6,8,18H2,1-4H3,(H,29,30). The van der Waals surface area contributed by atoms with Gasteiger partial charge in [0.25, 0.3) is 0 Å². The van der Waals surface area contributed by atoms with Crippen molar-refractivity contribution in [1.82, 2.24) is 0 Å². The summed E-state index contributed by atoms with van der Waals surface area (Å²) in [6.07, 6.45) is 8.37. The lowest BCUT2D eigenvalue weighted by atomic mass is 10.1. The Morgan fingerprint density at radius 1 is 0.909 bits per heavy atom. The fourth-order valence-electron chi connectivity index (χ4n) is 2.96. The number of carbonyl (C=O) groups excluding carboxylic acids is 1. The van der Waals surface area contributed by atoms with Crippen molar-refractivity contribution in [3.05, 3.63) is 83.3 Å². The van der Waals surface area contributed by atoms with E-state index in [1.54, 1.807) is 36.4 Å². The van der Waals surface area contributed by atoms with Crippen LogP contribution >= 0.6 is 0 Å². The van der Waals surface area contributed by atoms with Crippen molar-refractivity contribution in [2.45, 2.75) is 40.5 Å². The summed E-state index contributed by atoms with van der Waals surface area (Å²) in [5.74, 6) is 1.63. The van der Waals surface area contributed by atoms with E-state index in [1.165, 1.54) is 6.08 Å². The molecule has 0 fully saturated rings. The van der Waals surface area contributed by atoms with Gasteiger partial charge in [0.15, 0.2) is 12.4 Å². The highest BCUT2D eigenvalue weighted by Crippen LogP contribution is 2.30. The van der Waals surface area contributed by atoms with Crippen LogP contribution < -0.4 is 14.2 Å². The molecule has 0 aliphatic carbocycles. The highest BCUT2D eigenvalue weighted by atomic mass is 16.5. The zero-order valence-corrected chi connectivity index (χ0v) is 19.5. The van der Waals surface area contributed by atoms with Crippen molar-refractivity contribution in [2.24, 2.45) is 0 Å². The van der Waals surface area contributed by atoms with Gasteiger partial charge >= 0.3 is 5.97 Å². The van der Waals surface area contributed by atoms with Crippen molar-refractivity contribution in [1.29, 1.82) is 0 Å². The number of carboxylic acid groups (broad SMARTS) is 1. The van der Waals surface area contributed by atoms with Crippen LogP contribution in [-0.4, -0.2) is 23.5 Å². The highest BCUT2D eigenvalue weighted by Gasteiger charge is 2.12. The Morgan fingerprint density at radius 3 is 2.21 bits per heavy atom. The molecule has 0 bridgehead atoms. The van der Waals surface area contributed by atoms with Gasteiger partial charge in [-0.15, -0.1) is 0 Å². The summed E-state index contributed by atoms with van der Waals surface area (Å²) in [6, 6.07) is 12.0. The number of carbonyl (C=O) groups is 2. The first-order valence-electron chi connectivity index (χ1n) is 10.9. The molecule has 6 heteroatoms. The number of hydrogen-bond acceptors (Lipinski definition) is 5. The smallest absolute Gasteiger partial charge is 0.341 e. The number of aliphatic carboxylic acids is 1. The van der Waals surface area contributed by atoms with Gasteiger partial charge in [0.2, 0.25) is 0 Å². The van der Waals surface area contributed by atoms with E-state index in [9.17, 15) is 9.59 Å². The molecule has 174 valence electrons. The molecule has 6 nitrogen and oxygen atoms in total. The van der Waals surface area contributed by atoms with E-state index >= 15 is 0 Å². The molecule has 2 aromatic carbocycles. The summed E-state index contributed by atoms with van der Waals surface area (Å²) in [4.78, 5) is 23.6. The first-order valence-corrected chi connectivity index (χ1v) is 10.9. The third-order valence-corrected chi connectivity index (χ3v) is 4.73. The number of ketones is 1. The van der Waals surface area contributed by atoms with E-state index in [-0.39, 0.29) is 17.1 Å². The Bertz CT molecular complexity index is 1060. The van der Waals surface area contributed by atoms with Crippen molar-refractivity contribution in [2.75, 3.05) is 6.61 Å². The first-order chi connectivity index (χ1) is 15.9. The molecule has 0 aliphatic rings. The van der Waals surface area contributed by atoms with Crippen molar-refractivity contribution in [3.63, 3.8) is 0 Å². The summed E-state index contributed by atoms with van der Waals surface area (Å²) in [7, 11) is 0. The monoisotopic (exact) mass is 450 g/mol. The number of benzene rings is 2. The predicted octanol–water partition coefficient (Wildman–Crippen LogP) is 6.43. The summed E-state index contributed by atoms with van der Waals surface area (Å²) in [5, 5.41) is 8.85. The van der Waals surface area contributed by atoms with Crippen LogP contribution in [0.4, 0.5) is 0 Å². The van der Waals surface area contributed by atoms with Crippen molar-refractivity contribution < 1.29 is 28.9 Å².